The van der Waals surface area contributed by atoms with E-state index in [-0.39, 0.29) is 5.78 Å². The van der Waals surface area contributed by atoms with Crippen LogP contribution in [0.1, 0.15) is 34.3 Å². The van der Waals surface area contributed by atoms with Crippen LogP contribution in [0.15, 0.2) is 12.1 Å². The van der Waals surface area contributed by atoms with Gasteiger partial charge in [-0.15, -0.1) is 11.6 Å². The molecule has 82 valence electrons. The normalized spacial score (nSPS) is 10.4. The molecule has 0 heterocycles. The molecule has 1 aromatic rings. The Morgan fingerprint density at radius 3 is 2.27 bits per heavy atom. The molecule has 0 unspecified atom stereocenters. The van der Waals surface area contributed by atoms with Gasteiger partial charge in [-0.05, 0) is 43.5 Å². The number of hydrogen-bond acceptors (Lipinski definition) is 1. The Balaban J connectivity index is 2.91. The van der Waals surface area contributed by atoms with Crippen molar-refractivity contribution >= 4 is 29.0 Å². The minimum atomic E-state index is 0.138. The van der Waals surface area contributed by atoms with Crippen LogP contribution in [0.2, 0.25) is 5.02 Å². The zero-order chi connectivity index (χ0) is 11.4. The first-order valence-electron chi connectivity index (χ1n) is 4.92. The molecule has 3 heteroatoms. The molecule has 0 amide bonds. The van der Waals surface area contributed by atoms with E-state index >= 15 is 0 Å². The Kier molecular flexibility index (Phi) is 4.62. The van der Waals surface area contributed by atoms with Gasteiger partial charge in [0.2, 0.25) is 0 Å². The van der Waals surface area contributed by atoms with Crippen molar-refractivity contribution in [2.75, 3.05) is 5.88 Å². The van der Waals surface area contributed by atoms with Crippen LogP contribution in [0, 0.1) is 13.8 Å². The standard InChI is InChI=1S/C12H14Cl2O/c1-8-6-10(7-9(2)12(8)14)11(15)4-3-5-13/h6-7H,3-5H2,1-2H3. The van der Waals surface area contributed by atoms with Crippen LogP contribution in [0.25, 0.3) is 0 Å². The summed E-state index contributed by atoms with van der Waals surface area (Å²) in [6, 6.07) is 3.68. The molecule has 0 aliphatic rings. The van der Waals surface area contributed by atoms with Gasteiger partial charge in [0.25, 0.3) is 0 Å². The van der Waals surface area contributed by atoms with Crippen LogP contribution in [0.3, 0.4) is 0 Å². The summed E-state index contributed by atoms with van der Waals surface area (Å²) in [5.74, 6) is 0.663. The Morgan fingerprint density at radius 2 is 1.80 bits per heavy atom. The average molecular weight is 245 g/mol. The monoisotopic (exact) mass is 244 g/mol. The summed E-state index contributed by atoms with van der Waals surface area (Å²) in [6.07, 6.45) is 1.23. The van der Waals surface area contributed by atoms with Crippen molar-refractivity contribution in [1.82, 2.24) is 0 Å². The third kappa shape index (κ3) is 3.22. The molecule has 1 nitrogen and oxygen atoms in total. The second-order valence-corrected chi connectivity index (χ2v) is 4.40. The van der Waals surface area contributed by atoms with E-state index in [2.05, 4.69) is 0 Å². The van der Waals surface area contributed by atoms with Crippen LogP contribution in [-0.2, 0) is 0 Å². The van der Waals surface area contributed by atoms with E-state index in [9.17, 15) is 4.79 Å². The third-order valence-corrected chi connectivity index (χ3v) is 3.16. The SMILES string of the molecule is Cc1cc(C(=O)CCCCl)cc(C)c1Cl. The van der Waals surface area contributed by atoms with E-state index in [1.165, 1.54) is 0 Å². The van der Waals surface area contributed by atoms with Gasteiger partial charge in [-0.3, -0.25) is 4.79 Å². The highest BCUT2D eigenvalue weighted by Gasteiger charge is 2.09. The molecule has 0 saturated carbocycles. The molecule has 0 aliphatic heterocycles. The molecule has 0 bridgehead atoms. The van der Waals surface area contributed by atoms with Gasteiger partial charge in [0.05, 0.1) is 0 Å². The van der Waals surface area contributed by atoms with Crippen LogP contribution in [0.5, 0.6) is 0 Å². The number of carbonyl (C=O) groups is 1. The van der Waals surface area contributed by atoms with Crippen molar-refractivity contribution in [3.05, 3.63) is 33.8 Å². The molecule has 0 fully saturated rings. The van der Waals surface area contributed by atoms with E-state index < -0.39 is 0 Å². The van der Waals surface area contributed by atoms with Gasteiger partial charge in [0.1, 0.15) is 0 Å². The lowest BCUT2D eigenvalue weighted by Gasteiger charge is -2.06. The van der Waals surface area contributed by atoms with Gasteiger partial charge < -0.3 is 0 Å². The van der Waals surface area contributed by atoms with Crippen molar-refractivity contribution in [2.24, 2.45) is 0 Å². The second kappa shape index (κ2) is 5.53. The summed E-state index contributed by atoms with van der Waals surface area (Å²) in [5.41, 5.74) is 2.64. The van der Waals surface area contributed by atoms with Gasteiger partial charge in [-0.2, -0.15) is 0 Å². The van der Waals surface area contributed by atoms with Crippen molar-refractivity contribution in [2.45, 2.75) is 26.7 Å². The van der Waals surface area contributed by atoms with Gasteiger partial charge in [-0.1, -0.05) is 11.6 Å². The van der Waals surface area contributed by atoms with Crippen molar-refractivity contribution in [3.8, 4) is 0 Å². The largest absolute Gasteiger partial charge is 0.294 e. The Bertz CT molecular complexity index is 349. The number of ketones is 1. The van der Waals surface area contributed by atoms with Gasteiger partial charge >= 0.3 is 0 Å². The number of carbonyl (C=O) groups excluding carboxylic acids is 1. The fourth-order valence-electron chi connectivity index (χ4n) is 1.48. The molecule has 0 N–H and O–H groups in total. The van der Waals surface area contributed by atoms with E-state index in [1.807, 2.05) is 26.0 Å². The number of benzene rings is 1. The highest BCUT2D eigenvalue weighted by atomic mass is 35.5. The van der Waals surface area contributed by atoms with Gasteiger partial charge in [0.15, 0.2) is 5.78 Å². The molecule has 1 aromatic carbocycles. The first kappa shape index (κ1) is 12.5. The van der Waals surface area contributed by atoms with E-state index in [4.69, 9.17) is 23.2 Å². The van der Waals surface area contributed by atoms with Crippen molar-refractivity contribution < 1.29 is 4.79 Å². The molecule has 15 heavy (non-hydrogen) atoms. The molecular weight excluding hydrogens is 231 g/mol. The number of halogens is 2. The fraction of sp³-hybridized carbons (Fsp3) is 0.417. The maximum Gasteiger partial charge on any atom is 0.162 e. The number of alkyl halides is 1. The molecule has 1 rings (SSSR count). The lowest BCUT2D eigenvalue weighted by molar-refractivity contribution is 0.0982. The molecule has 0 atom stereocenters. The summed E-state index contributed by atoms with van der Waals surface area (Å²) in [4.78, 5) is 11.7. The molecule has 0 spiro atoms. The summed E-state index contributed by atoms with van der Waals surface area (Å²) < 4.78 is 0. The summed E-state index contributed by atoms with van der Waals surface area (Å²) in [6.45, 7) is 3.82. The highest BCUT2D eigenvalue weighted by molar-refractivity contribution is 6.32. The second-order valence-electron chi connectivity index (χ2n) is 3.64. The minimum absolute atomic E-state index is 0.138. The van der Waals surface area contributed by atoms with Gasteiger partial charge in [-0.25, -0.2) is 0 Å². The summed E-state index contributed by atoms with van der Waals surface area (Å²) >= 11 is 11.6. The molecule has 0 aliphatic carbocycles. The highest BCUT2D eigenvalue weighted by Crippen LogP contribution is 2.22. The van der Waals surface area contributed by atoms with Crippen LogP contribution < -0.4 is 0 Å². The molecule has 0 aromatic heterocycles. The third-order valence-electron chi connectivity index (χ3n) is 2.30. The summed E-state index contributed by atoms with van der Waals surface area (Å²) in [5, 5.41) is 0.740. The summed E-state index contributed by atoms with van der Waals surface area (Å²) in [7, 11) is 0. The van der Waals surface area contributed by atoms with Crippen molar-refractivity contribution in [3.63, 3.8) is 0 Å². The Morgan fingerprint density at radius 1 is 1.27 bits per heavy atom. The zero-order valence-corrected chi connectivity index (χ0v) is 10.5. The van der Waals surface area contributed by atoms with E-state index in [1.54, 1.807) is 0 Å². The number of Topliss-reactive ketones (excluding diaryl/α,β-unsaturated/α-hetero) is 1. The average Bonchev–Trinajstić information content (AvgIpc) is 2.21. The van der Waals surface area contributed by atoms with E-state index in [0.29, 0.717) is 12.3 Å². The van der Waals surface area contributed by atoms with E-state index in [0.717, 1.165) is 28.1 Å². The smallest absolute Gasteiger partial charge is 0.162 e. The van der Waals surface area contributed by atoms with Gasteiger partial charge in [0, 0.05) is 22.9 Å². The number of rotatable bonds is 4. The minimum Gasteiger partial charge on any atom is -0.294 e. The van der Waals surface area contributed by atoms with Crippen molar-refractivity contribution in [1.29, 1.82) is 0 Å². The maximum atomic E-state index is 11.7. The van der Waals surface area contributed by atoms with Crippen LogP contribution in [-0.4, -0.2) is 11.7 Å². The number of hydrogen-bond donors (Lipinski definition) is 0. The quantitative estimate of drug-likeness (QED) is 0.575. The first-order valence-corrected chi connectivity index (χ1v) is 5.83. The number of aryl methyl sites for hydroxylation is 2. The molecule has 0 saturated heterocycles. The Hall–Kier alpha value is -0.530. The van der Waals surface area contributed by atoms with Crippen LogP contribution >= 0.6 is 23.2 Å². The predicted molar refractivity (Wildman–Crippen MR) is 65.2 cm³/mol. The Labute approximate surface area is 100 Å². The van der Waals surface area contributed by atoms with Crippen LogP contribution in [0.4, 0.5) is 0 Å². The topological polar surface area (TPSA) is 17.1 Å². The molecular formula is C12H14Cl2O. The zero-order valence-electron chi connectivity index (χ0n) is 8.94. The lowest BCUT2D eigenvalue weighted by Crippen LogP contribution is -2.01. The first-order chi connectivity index (χ1) is 7.06. The fourth-order valence-corrected chi connectivity index (χ4v) is 1.72. The molecule has 0 radical (unpaired) electrons. The lowest BCUT2D eigenvalue weighted by atomic mass is 10.0. The predicted octanol–water partition coefficient (Wildman–Crippen LogP) is 4.16. The maximum absolute atomic E-state index is 11.7.